The molecule has 2 aliphatic rings. The molecule has 1 aromatic rings. The van der Waals surface area contributed by atoms with Crippen molar-refractivity contribution in [1.29, 1.82) is 0 Å². The van der Waals surface area contributed by atoms with Gasteiger partial charge in [0, 0.05) is 16.8 Å². The Hall–Kier alpha value is -1.24. The Morgan fingerprint density at radius 2 is 2.20 bits per heavy atom. The summed E-state index contributed by atoms with van der Waals surface area (Å²) >= 11 is 7.61. The molecule has 1 aliphatic heterocycles. The van der Waals surface area contributed by atoms with E-state index in [0.29, 0.717) is 24.3 Å². The Balaban J connectivity index is 1.76. The van der Waals surface area contributed by atoms with Gasteiger partial charge in [-0.05, 0) is 38.0 Å². The normalized spacial score (nSPS) is 19.1. The average Bonchev–Trinajstić information content (AvgIpc) is 3.15. The van der Waals surface area contributed by atoms with Gasteiger partial charge in [0.25, 0.3) is 0 Å². The fourth-order valence-electron chi connectivity index (χ4n) is 3.31. The molecule has 3 rings (SSSR count). The molecule has 0 amide bonds. The van der Waals surface area contributed by atoms with E-state index in [1.165, 1.54) is 37.4 Å². The van der Waals surface area contributed by atoms with Crippen molar-refractivity contribution in [3.8, 4) is 0 Å². The number of carbonyl (C=O) groups excluding carboxylic acids is 1. The summed E-state index contributed by atoms with van der Waals surface area (Å²) < 4.78 is 5.03. The molecule has 25 heavy (non-hydrogen) atoms. The molecule has 1 heterocycles. The first kappa shape index (κ1) is 18.5. The first-order valence-electron chi connectivity index (χ1n) is 8.77. The van der Waals surface area contributed by atoms with Gasteiger partial charge < -0.3 is 9.64 Å². The summed E-state index contributed by atoms with van der Waals surface area (Å²) in [5.41, 5.74) is 1.00. The highest BCUT2D eigenvalue weighted by Crippen LogP contribution is 2.30. The minimum absolute atomic E-state index is 0.209. The number of hydrogen-bond acceptors (Lipinski definition) is 6. The van der Waals surface area contributed by atoms with E-state index in [4.69, 9.17) is 21.3 Å². The smallest absolute Gasteiger partial charge is 0.316 e. The maximum Gasteiger partial charge on any atom is 0.316 e. The number of ether oxygens (including phenoxy) is 1. The van der Waals surface area contributed by atoms with Crippen molar-refractivity contribution >= 4 is 40.2 Å². The van der Waals surface area contributed by atoms with Crippen molar-refractivity contribution in [2.75, 3.05) is 30.6 Å². The van der Waals surface area contributed by atoms with Gasteiger partial charge in [-0.2, -0.15) is 0 Å². The third-order valence-electron chi connectivity index (χ3n) is 4.53. The van der Waals surface area contributed by atoms with Crippen LogP contribution in [0.1, 0.15) is 32.6 Å². The van der Waals surface area contributed by atoms with Gasteiger partial charge >= 0.3 is 5.97 Å². The third-order valence-corrected chi connectivity index (χ3v) is 5.75. The van der Waals surface area contributed by atoms with Gasteiger partial charge in [0.15, 0.2) is 5.17 Å². The molecular weight excluding hydrogens is 358 g/mol. The van der Waals surface area contributed by atoms with E-state index in [-0.39, 0.29) is 11.7 Å². The van der Waals surface area contributed by atoms with Gasteiger partial charge in [0.05, 0.1) is 25.7 Å². The zero-order valence-corrected chi connectivity index (χ0v) is 16.1. The molecule has 0 saturated heterocycles. The summed E-state index contributed by atoms with van der Waals surface area (Å²) in [6.45, 7) is 3.68. The van der Waals surface area contributed by atoms with Crippen LogP contribution in [0.15, 0.2) is 29.3 Å². The molecule has 0 N–H and O–H groups in total. The molecule has 0 atom stereocenters. The summed E-state index contributed by atoms with van der Waals surface area (Å²) in [7, 11) is 0. The van der Waals surface area contributed by atoms with Crippen LogP contribution in [0.4, 0.5) is 5.69 Å². The van der Waals surface area contributed by atoms with E-state index >= 15 is 0 Å². The Bertz CT molecular complexity index is 635. The van der Waals surface area contributed by atoms with Crippen LogP contribution in [0.2, 0.25) is 5.02 Å². The van der Waals surface area contributed by atoms with Crippen molar-refractivity contribution in [3.05, 3.63) is 29.3 Å². The van der Waals surface area contributed by atoms with Crippen LogP contribution in [-0.4, -0.2) is 47.8 Å². The molecule has 0 bridgehead atoms. The van der Waals surface area contributed by atoms with Crippen molar-refractivity contribution in [2.24, 2.45) is 4.99 Å². The first-order chi connectivity index (χ1) is 12.2. The number of aliphatic imine (C=N–C) groups is 1. The molecule has 0 radical (unpaired) electrons. The minimum atomic E-state index is -0.209. The summed E-state index contributed by atoms with van der Waals surface area (Å²) in [6.07, 6.45) is 5.08. The number of anilines is 1. The van der Waals surface area contributed by atoms with Crippen LogP contribution in [0.25, 0.3) is 0 Å². The zero-order valence-electron chi connectivity index (χ0n) is 14.5. The quantitative estimate of drug-likeness (QED) is 0.722. The number of carbonyl (C=O) groups is 1. The summed E-state index contributed by atoms with van der Waals surface area (Å²) in [5, 5.41) is 1.55. The minimum Gasteiger partial charge on any atom is -0.465 e. The van der Waals surface area contributed by atoms with Crippen LogP contribution in [0, 0.1) is 0 Å². The molecule has 1 aromatic carbocycles. The van der Waals surface area contributed by atoms with E-state index < -0.39 is 0 Å². The number of thioether (sulfide) groups is 1. The Labute approximate surface area is 158 Å². The molecule has 0 spiro atoms. The Kier molecular flexibility index (Phi) is 6.62. The fraction of sp³-hybridized carbons (Fsp3) is 0.556. The number of amidine groups is 1. The predicted molar refractivity (Wildman–Crippen MR) is 104 cm³/mol. The van der Waals surface area contributed by atoms with E-state index in [9.17, 15) is 4.79 Å². The monoisotopic (exact) mass is 381 g/mol. The molecule has 136 valence electrons. The molecule has 0 aromatic heterocycles. The number of rotatable bonds is 5. The topological polar surface area (TPSA) is 45.1 Å². The predicted octanol–water partition coefficient (Wildman–Crippen LogP) is 3.97. The zero-order chi connectivity index (χ0) is 17.6. The van der Waals surface area contributed by atoms with Crippen molar-refractivity contribution in [3.63, 3.8) is 0 Å². The number of hydrogen-bond donors (Lipinski definition) is 0. The Morgan fingerprint density at radius 3 is 2.92 bits per heavy atom. The number of benzene rings is 1. The molecule has 7 heteroatoms. The summed E-state index contributed by atoms with van der Waals surface area (Å²) in [5.74, 6) is 0.0622. The van der Waals surface area contributed by atoms with Crippen LogP contribution in [-0.2, 0) is 9.53 Å². The van der Waals surface area contributed by atoms with Gasteiger partial charge in [0.2, 0.25) is 0 Å². The lowest BCUT2D eigenvalue weighted by Crippen LogP contribution is -2.49. The fourth-order valence-corrected chi connectivity index (χ4v) is 4.29. The van der Waals surface area contributed by atoms with E-state index in [1.807, 2.05) is 31.2 Å². The van der Waals surface area contributed by atoms with Gasteiger partial charge in [-0.1, -0.05) is 42.3 Å². The maximum absolute atomic E-state index is 11.7. The second kappa shape index (κ2) is 8.92. The standard InChI is InChI=1S/C18H24ClN3O2S/c1-2-24-17(23)11-25-18-20-12-21(15-7-3-4-8-15)13-22(18)16-9-5-6-14(19)10-16/h5-6,9-10,15H,2-4,7-8,11-13H2,1H3. The molecule has 1 aliphatic carbocycles. The highest BCUT2D eigenvalue weighted by Gasteiger charge is 2.29. The van der Waals surface area contributed by atoms with E-state index in [2.05, 4.69) is 9.80 Å². The second-order valence-electron chi connectivity index (χ2n) is 6.25. The largest absolute Gasteiger partial charge is 0.465 e. The number of esters is 1. The lowest BCUT2D eigenvalue weighted by molar-refractivity contribution is -0.139. The number of nitrogens with zero attached hydrogens (tertiary/aromatic N) is 3. The lowest BCUT2D eigenvalue weighted by atomic mass is 10.2. The van der Waals surface area contributed by atoms with Gasteiger partial charge in [-0.15, -0.1) is 0 Å². The van der Waals surface area contributed by atoms with E-state index in [0.717, 1.165) is 17.5 Å². The molecule has 5 nitrogen and oxygen atoms in total. The molecule has 1 saturated carbocycles. The van der Waals surface area contributed by atoms with Crippen LogP contribution >= 0.6 is 23.4 Å². The van der Waals surface area contributed by atoms with Gasteiger partial charge in [0.1, 0.15) is 0 Å². The van der Waals surface area contributed by atoms with Crippen LogP contribution in [0.3, 0.4) is 0 Å². The third kappa shape index (κ3) is 4.90. The number of halogens is 1. The summed E-state index contributed by atoms with van der Waals surface area (Å²) in [4.78, 5) is 21.0. The van der Waals surface area contributed by atoms with Crippen molar-refractivity contribution in [2.45, 2.75) is 38.6 Å². The van der Waals surface area contributed by atoms with Crippen molar-refractivity contribution < 1.29 is 9.53 Å². The van der Waals surface area contributed by atoms with Gasteiger partial charge in [-0.3, -0.25) is 9.69 Å². The van der Waals surface area contributed by atoms with Crippen LogP contribution in [0.5, 0.6) is 0 Å². The van der Waals surface area contributed by atoms with Crippen LogP contribution < -0.4 is 4.90 Å². The molecule has 0 unspecified atom stereocenters. The average molecular weight is 382 g/mol. The highest BCUT2D eigenvalue weighted by atomic mass is 35.5. The van der Waals surface area contributed by atoms with Crippen molar-refractivity contribution in [1.82, 2.24) is 4.90 Å². The molecular formula is C18H24ClN3O2S. The second-order valence-corrected chi connectivity index (χ2v) is 7.63. The van der Waals surface area contributed by atoms with E-state index in [1.54, 1.807) is 0 Å². The maximum atomic E-state index is 11.7. The first-order valence-corrected chi connectivity index (χ1v) is 10.1. The van der Waals surface area contributed by atoms with Gasteiger partial charge in [-0.25, -0.2) is 4.99 Å². The Morgan fingerprint density at radius 1 is 1.40 bits per heavy atom. The SMILES string of the molecule is CCOC(=O)CSC1=NCN(C2CCCC2)CN1c1cccc(Cl)c1. The summed E-state index contributed by atoms with van der Waals surface area (Å²) in [6, 6.07) is 8.39. The lowest BCUT2D eigenvalue weighted by Gasteiger charge is -2.38. The highest BCUT2D eigenvalue weighted by molar-refractivity contribution is 8.14. The molecule has 1 fully saturated rings.